The van der Waals surface area contributed by atoms with E-state index in [4.69, 9.17) is 4.52 Å². The Labute approximate surface area is 177 Å². The zero-order valence-corrected chi connectivity index (χ0v) is 18.1. The molecule has 0 aliphatic carbocycles. The number of nitrogens with zero attached hydrogens (tertiary/aromatic N) is 4. The molecule has 2 saturated heterocycles. The Bertz CT molecular complexity index is 938. The molecule has 4 unspecified atom stereocenters. The summed E-state index contributed by atoms with van der Waals surface area (Å²) in [6.45, 7) is 9.20. The Kier molecular flexibility index (Phi) is 4.34. The van der Waals surface area contributed by atoms with Crippen LogP contribution in [0.2, 0.25) is 0 Å². The molecule has 4 aliphatic heterocycles. The van der Waals surface area contributed by atoms with Crippen LogP contribution in [0.25, 0.3) is 0 Å². The van der Waals surface area contributed by atoms with Gasteiger partial charge in [-0.3, -0.25) is 4.57 Å². The molecule has 0 radical (unpaired) electrons. The standard InChI is InChI=1S/C22H33N7O/c1-3-14-7-8-19-27-26-18(4-2)29(19)22(14,20-16-11-23-12-17(16)28-30-20)21-13-24-10-15(21)6-5-9-25-21/h14-15,23-25H,3-13H2,1-2H3. The average molecular weight is 412 g/mol. The smallest absolute Gasteiger partial charge is 0.169 e. The highest BCUT2D eigenvalue weighted by Crippen LogP contribution is 2.56. The third-order valence-electron chi connectivity index (χ3n) is 8.42. The molecule has 0 aromatic carbocycles. The Hall–Kier alpha value is -1.77. The van der Waals surface area contributed by atoms with Gasteiger partial charge in [-0.05, 0) is 44.2 Å². The van der Waals surface area contributed by atoms with E-state index in [1.165, 1.54) is 18.4 Å². The quantitative estimate of drug-likeness (QED) is 0.702. The lowest BCUT2D eigenvalue weighted by atomic mass is 9.57. The molecule has 2 aromatic heterocycles. The van der Waals surface area contributed by atoms with Gasteiger partial charge in [-0.15, -0.1) is 10.2 Å². The molecule has 2 fully saturated rings. The second-order valence-corrected chi connectivity index (χ2v) is 9.54. The van der Waals surface area contributed by atoms with Crippen molar-refractivity contribution in [3.05, 3.63) is 28.7 Å². The first-order valence-electron chi connectivity index (χ1n) is 11.8. The molecule has 8 heteroatoms. The van der Waals surface area contributed by atoms with Gasteiger partial charge in [0.2, 0.25) is 0 Å². The number of hydrogen-bond acceptors (Lipinski definition) is 7. The van der Waals surface area contributed by atoms with Gasteiger partial charge in [-0.2, -0.15) is 0 Å². The van der Waals surface area contributed by atoms with Crippen LogP contribution >= 0.6 is 0 Å². The van der Waals surface area contributed by atoms with E-state index < -0.39 is 0 Å². The fraction of sp³-hybridized carbons (Fsp3) is 0.773. The summed E-state index contributed by atoms with van der Waals surface area (Å²) in [6, 6.07) is 0. The molecule has 30 heavy (non-hydrogen) atoms. The number of rotatable bonds is 4. The van der Waals surface area contributed by atoms with Crippen molar-refractivity contribution in [2.75, 3.05) is 19.6 Å². The van der Waals surface area contributed by atoms with Gasteiger partial charge < -0.3 is 20.5 Å². The fourth-order valence-corrected chi connectivity index (χ4v) is 7.23. The van der Waals surface area contributed by atoms with Crippen molar-refractivity contribution in [2.24, 2.45) is 11.8 Å². The maximum atomic E-state index is 6.36. The van der Waals surface area contributed by atoms with Gasteiger partial charge >= 0.3 is 0 Å². The number of nitrogens with one attached hydrogen (secondary N) is 3. The first-order chi connectivity index (χ1) is 14.8. The van der Waals surface area contributed by atoms with E-state index in [9.17, 15) is 0 Å². The first kappa shape index (κ1) is 19.0. The summed E-state index contributed by atoms with van der Waals surface area (Å²) in [5, 5.41) is 25.3. The minimum atomic E-state index is -0.356. The van der Waals surface area contributed by atoms with Gasteiger partial charge in [0.15, 0.2) is 5.76 Å². The maximum Gasteiger partial charge on any atom is 0.169 e. The lowest BCUT2D eigenvalue weighted by molar-refractivity contribution is -0.0130. The van der Waals surface area contributed by atoms with Crippen LogP contribution in [-0.4, -0.2) is 45.1 Å². The topological polar surface area (TPSA) is 92.8 Å². The van der Waals surface area contributed by atoms with Gasteiger partial charge in [0.05, 0.1) is 5.54 Å². The lowest BCUT2D eigenvalue weighted by Crippen LogP contribution is -2.73. The normalized spacial score (nSPS) is 35.3. The Morgan fingerprint density at radius 1 is 1.17 bits per heavy atom. The molecule has 6 rings (SSSR count). The number of fused-ring (bicyclic) bond motifs is 3. The Morgan fingerprint density at radius 3 is 2.97 bits per heavy atom. The van der Waals surface area contributed by atoms with Crippen LogP contribution in [0.4, 0.5) is 0 Å². The van der Waals surface area contributed by atoms with Crippen LogP contribution in [0.5, 0.6) is 0 Å². The first-order valence-corrected chi connectivity index (χ1v) is 11.8. The highest BCUT2D eigenvalue weighted by Gasteiger charge is 2.67. The van der Waals surface area contributed by atoms with Crippen LogP contribution in [0, 0.1) is 11.8 Å². The highest BCUT2D eigenvalue weighted by molar-refractivity contribution is 5.41. The molecule has 6 heterocycles. The van der Waals surface area contributed by atoms with E-state index in [-0.39, 0.29) is 11.1 Å². The molecule has 3 N–H and O–H groups in total. The second kappa shape index (κ2) is 6.87. The monoisotopic (exact) mass is 411 g/mol. The lowest BCUT2D eigenvalue weighted by Gasteiger charge is -2.58. The molecule has 0 bridgehead atoms. The van der Waals surface area contributed by atoms with Gasteiger partial charge in [0.1, 0.15) is 22.9 Å². The summed E-state index contributed by atoms with van der Waals surface area (Å²) in [5.74, 6) is 4.24. The molecular weight excluding hydrogens is 378 g/mol. The predicted molar refractivity (Wildman–Crippen MR) is 112 cm³/mol. The zero-order chi connectivity index (χ0) is 20.3. The molecule has 162 valence electrons. The van der Waals surface area contributed by atoms with Crippen molar-refractivity contribution < 1.29 is 4.52 Å². The summed E-state index contributed by atoms with van der Waals surface area (Å²) in [5.41, 5.74) is 1.87. The fourth-order valence-electron chi connectivity index (χ4n) is 7.23. The van der Waals surface area contributed by atoms with Gasteiger partial charge in [-0.1, -0.05) is 25.4 Å². The van der Waals surface area contributed by atoms with Crippen LogP contribution in [-0.2, 0) is 31.5 Å². The minimum absolute atomic E-state index is 0.122. The van der Waals surface area contributed by atoms with E-state index in [0.717, 1.165) is 81.5 Å². The van der Waals surface area contributed by atoms with Crippen LogP contribution in [0.1, 0.15) is 68.2 Å². The van der Waals surface area contributed by atoms with Crippen molar-refractivity contribution in [1.82, 2.24) is 35.9 Å². The second-order valence-electron chi connectivity index (χ2n) is 9.54. The van der Waals surface area contributed by atoms with E-state index in [2.05, 4.69) is 49.7 Å². The molecule has 0 spiro atoms. The van der Waals surface area contributed by atoms with Crippen molar-refractivity contribution >= 4 is 0 Å². The van der Waals surface area contributed by atoms with Crippen LogP contribution in [0.15, 0.2) is 4.52 Å². The summed E-state index contributed by atoms with van der Waals surface area (Å²) in [6.07, 6.45) is 6.53. The van der Waals surface area contributed by atoms with E-state index in [0.29, 0.717) is 11.8 Å². The Morgan fingerprint density at radius 2 is 2.10 bits per heavy atom. The molecule has 4 atom stereocenters. The maximum absolute atomic E-state index is 6.36. The van der Waals surface area contributed by atoms with Crippen molar-refractivity contribution in [2.45, 2.75) is 76.5 Å². The van der Waals surface area contributed by atoms with Gasteiger partial charge in [-0.25, -0.2) is 0 Å². The molecule has 2 aromatic rings. The number of piperidine rings is 1. The third kappa shape index (κ3) is 2.19. The molecule has 8 nitrogen and oxygen atoms in total. The molecular formula is C22H33N7O. The minimum Gasteiger partial charge on any atom is -0.358 e. The molecule has 0 saturated carbocycles. The largest absolute Gasteiger partial charge is 0.358 e. The SMILES string of the molecule is CCc1nnc2n1C(c1onc3c1CNC3)(C13CNCC1CCCN3)C(CC)CC2. The summed E-state index contributed by atoms with van der Waals surface area (Å²) >= 11 is 0. The Balaban J connectivity index is 1.71. The van der Waals surface area contributed by atoms with E-state index >= 15 is 0 Å². The van der Waals surface area contributed by atoms with Crippen molar-refractivity contribution in [1.29, 1.82) is 0 Å². The van der Waals surface area contributed by atoms with E-state index in [1.54, 1.807) is 0 Å². The van der Waals surface area contributed by atoms with Crippen LogP contribution in [0.3, 0.4) is 0 Å². The van der Waals surface area contributed by atoms with Crippen molar-refractivity contribution in [3.63, 3.8) is 0 Å². The summed E-state index contributed by atoms with van der Waals surface area (Å²) in [7, 11) is 0. The van der Waals surface area contributed by atoms with Crippen LogP contribution < -0.4 is 16.0 Å². The third-order valence-corrected chi connectivity index (χ3v) is 8.42. The number of hydrogen-bond donors (Lipinski definition) is 3. The van der Waals surface area contributed by atoms with Crippen molar-refractivity contribution in [3.8, 4) is 0 Å². The van der Waals surface area contributed by atoms with E-state index in [1.807, 2.05) is 0 Å². The average Bonchev–Trinajstić information content (AvgIpc) is 3.55. The van der Waals surface area contributed by atoms with Gasteiger partial charge in [0.25, 0.3) is 0 Å². The number of aromatic nitrogens is 4. The highest BCUT2D eigenvalue weighted by atomic mass is 16.5. The summed E-state index contributed by atoms with van der Waals surface area (Å²) < 4.78 is 8.88. The number of aryl methyl sites for hydroxylation is 2. The summed E-state index contributed by atoms with van der Waals surface area (Å²) in [4.78, 5) is 0. The van der Waals surface area contributed by atoms with Gasteiger partial charge in [0, 0.05) is 38.0 Å². The predicted octanol–water partition coefficient (Wildman–Crippen LogP) is 1.49. The molecule has 0 amide bonds. The zero-order valence-electron chi connectivity index (χ0n) is 18.1. The molecule has 4 aliphatic rings.